The Kier molecular flexibility index (Phi) is 6.09. The molecule has 0 saturated heterocycles. The average molecular weight is 348 g/mol. The second-order valence-electron chi connectivity index (χ2n) is 4.39. The van der Waals surface area contributed by atoms with E-state index in [4.69, 9.17) is 0 Å². The third-order valence-corrected chi connectivity index (χ3v) is 3.97. The minimum Gasteiger partial charge on any atom is -0.504 e. The minimum atomic E-state index is 0.0146. The van der Waals surface area contributed by atoms with Crippen LogP contribution in [0.3, 0.4) is 0 Å². The van der Waals surface area contributed by atoms with Crippen molar-refractivity contribution in [2.24, 2.45) is 0 Å². The molecular weight excluding hydrogens is 327 g/mol. The summed E-state index contributed by atoms with van der Waals surface area (Å²) in [6.45, 7) is 4.30. The third-order valence-electron chi connectivity index (χ3n) is 3.01. The molecule has 1 aromatic rings. The van der Waals surface area contributed by atoms with Crippen molar-refractivity contribution in [2.45, 2.75) is 52.4 Å². The molecule has 0 bridgehead atoms. The Balaban J connectivity index is 3.09. The minimum absolute atomic E-state index is 0.0146. The van der Waals surface area contributed by atoms with Gasteiger partial charge in [-0.15, -0.1) is 0 Å². The molecule has 1 aromatic carbocycles. The number of aromatic hydroxyl groups is 2. The van der Waals surface area contributed by atoms with Crippen LogP contribution in [0.4, 0.5) is 0 Å². The molecule has 3 heteroatoms. The molecule has 0 aliphatic carbocycles. The maximum atomic E-state index is 9.98. The fraction of sp³-hybridized carbons (Fsp3) is 0.571. The molecule has 1 rings (SSSR count). The molecule has 0 spiro atoms. The maximum Gasteiger partial charge on any atom is 0.161 e. The van der Waals surface area contributed by atoms with E-state index in [1.54, 1.807) is 6.07 Å². The van der Waals surface area contributed by atoms with Crippen LogP contribution in [0.15, 0.2) is 6.07 Å². The van der Waals surface area contributed by atoms with Gasteiger partial charge in [0.05, 0.1) is 0 Å². The van der Waals surface area contributed by atoms with Gasteiger partial charge in [0.25, 0.3) is 0 Å². The summed E-state index contributed by atoms with van der Waals surface area (Å²) in [5, 5.41) is 19.7. The molecule has 0 unspecified atom stereocenters. The van der Waals surface area contributed by atoms with Crippen molar-refractivity contribution < 1.29 is 10.2 Å². The molecule has 0 aliphatic heterocycles. The summed E-state index contributed by atoms with van der Waals surface area (Å²) in [5.41, 5.74) is 2.17. The van der Waals surface area contributed by atoms with Crippen LogP contribution in [0.2, 0.25) is 0 Å². The lowest BCUT2D eigenvalue weighted by Crippen LogP contribution is -1.99. The molecule has 0 saturated carbocycles. The molecule has 0 amide bonds. The standard InChI is InChI=1S/C14H21IO2/c1-3-5-7-10-11(8-6-4-2)14(17)13(16)9-12(10)15/h9,16-17H,3-8H2,1-2H3. The number of hydrogen-bond acceptors (Lipinski definition) is 2. The van der Waals surface area contributed by atoms with Crippen LogP contribution in [-0.4, -0.2) is 10.2 Å². The van der Waals surface area contributed by atoms with Gasteiger partial charge in [-0.25, -0.2) is 0 Å². The van der Waals surface area contributed by atoms with E-state index in [9.17, 15) is 10.2 Å². The Morgan fingerprint density at radius 1 is 1.00 bits per heavy atom. The molecule has 0 aromatic heterocycles. The van der Waals surface area contributed by atoms with Gasteiger partial charge in [0.2, 0.25) is 0 Å². The van der Waals surface area contributed by atoms with E-state index in [1.165, 1.54) is 5.56 Å². The summed E-state index contributed by atoms with van der Waals surface area (Å²) in [6.07, 6.45) is 6.25. The summed E-state index contributed by atoms with van der Waals surface area (Å²) < 4.78 is 1.07. The Hall–Kier alpha value is -0.450. The van der Waals surface area contributed by atoms with E-state index >= 15 is 0 Å². The monoisotopic (exact) mass is 348 g/mol. The molecule has 0 heterocycles. The number of unbranched alkanes of at least 4 members (excludes halogenated alkanes) is 2. The highest BCUT2D eigenvalue weighted by Gasteiger charge is 2.15. The van der Waals surface area contributed by atoms with Crippen molar-refractivity contribution in [1.82, 2.24) is 0 Å². The molecule has 0 fully saturated rings. The van der Waals surface area contributed by atoms with Crippen molar-refractivity contribution in [2.75, 3.05) is 0 Å². The number of phenols is 2. The highest BCUT2D eigenvalue weighted by molar-refractivity contribution is 14.1. The van der Waals surface area contributed by atoms with Crippen LogP contribution in [0.5, 0.6) is 11.5 Å². The molecule has 0 aliphatic rings. The van der Waals surface area contributed by atoms with Crippen LogP contribution < -0.4 is 0 Å². The van der Waals surface area contributed by atoms with E-state index in [-0.39, 0.29) is 11.5 Å². The van der Waals surface area contributed by atoms with Crippen molar-refractivity contribution in [3.05, 3.63) is 20.8 Å². The fourth-order valence-corrected chi connectivity index (χ4v) is 2.85. The van der Waals surface area contributed by atoms with Gasteiger partial charge in [0.1, 0.15) is 0 Å². The van der Waals surface area contributed by atoms with E-state index < -0.39 is 0 Å². The van der Waals surface area contributed by atoms with Crippen LogP contribution >= 0.6 is 22.6 Å². The van der Waals surface area contributed by atoms with Gasteiger partial charge in [-0.1, -0.05) is 26.7 Å². The Morgan fingerprint density at radius 2 is 1.53 bits per heavy atom. The second kappa shape index (κ2) is 7.09. The molecule has 17 heavy (non-hydrogen) atoms. The van der Waals surface area contributed by atoms with Gasteiger partial charge < -0.3 is 10.2 Å². The zero-order valence-electron chi connectivity index (χ0n) is 10.6. The number of halogens is 1. The first-order valence-electron chi connectivity index (χ1n) is 6.33. The van der Waals surface area contributed by atoms with Crippen molar-refractivity contribution in [3.63, 3.8) is 0 Å². The first-order valence-corrected chi connectivity index (χ1v) is 7.41. The summed E-state index contributed by atoms with van der Waals surface area (Å²) in [4.78, 5) is 0. The second-order valence-corrected chi connectivity index (χ2v) is 5.55. The van der Waals surface area contributed by atoms with Crippen molar-refractivity contribution in [3.8, 4) is 11.5 Å². The molecule has 96 valence electrons. The average Bonchev–Trinajstić information content (AvgIpc) is 2.30. The highest BCUT2D eigenvalue weighted by Crippen LogP contribution is 2.36. The first kappa shape index (κ1) is 14.6. The number of phenolic OH excluding ortho intramolecular Hbond substituents is 2. The quantitative estimate of drug-likeness (QED) is 0.591. The van der Waals surface area contributed by atoms with E-state index in [2.05, 4.69) is 36.4 Å². The lowest BCUT2D eigenvalue weighted by molar-refractivity contribution is 0.397. The topological polar surface area (TPSA) is 40.5 Å². The van der Waals surface area contributed by atoms with E-state index in [0.717, 1.165) is 47.7 Å². The van der Waals surface area contributed by atoms with Crippen LogP contribution in [0, 0.1) is 3.57 Å². The summed E-state index contributed by atoms with van der Waals surface area (Å²) >= 11 is 2.25. The van der Waals surface area contributed by atoms with Crippen LogP contribution in [-0.2, 0) is 12.8 Å². The van der Waals surface area contributed by atoms with Gasteiger partial charge in [0.15, 0.2) is 11.5 Å². The Morgan fingerprint density at radius 3 is 2.06 bits per heavy atom. The molecular formula is C14H21IO2. The number of benzene rings is 1. The summed E-state index contributed by atoms with van der Waals surface area (Å²) in [7, 11) is 0. The maximum absolute atomic E-state index is 9.98. The van der Waals surface area contributed by atoms with Gasteiger partial charge >= 0.3 is 0 Å². The fourth-order valence-electron chi connectivity index (χ4n) is 1.96. The van der Waals surface area contributed by atoms with Gasteiger partial charge in [-0.05, 0) is 59.9 Å². The van der Waals surface area contributed by atoms with Gasteiger partial charge in [-0.2, -0.15) is 0 Å². The zero-order chi connectivity index (χ0) is 12.8. The van der Waals surface area contributed by atoms with E-state index in [0.29, 0.717) is 0 Å². The SMILES string of the molecule is CCCCc1c(I)cc(O)c(O)c1CCCC. The largest absolute Gasteiger partial charge is 0.504 e. The predicted octanol–water partition coefficient (Wildman–Crippen LogP) is 4.39. The van der Waals surface area contributed by atoms with E-state index in [1.807, 2.05) is 0 Å². The highest BCUT2D eigenvalue weighted by atomic mass is 127. The smallest absolute Gasteiger partial charge is 0.161 e. The molecule has 2 N–H and O–H groups in total. The lowest BCUT2D eigenvalue weighted by Gasteiger charge is -2.14. The molecule has 0 radical (unpaired) electrons. The zero-order valence-corrected chi connectivity index (χ0v) is 12.7. The summed E-state index contributed by atoms with van der Waals surface area (Å²) in [5.74, 6) is 0.103. The normalized spacial score (nSPS) is 10.8. The third kappa shape index (κ3) is 3.76. The van der Waals surface area contributed by atoms with Gasteiger partial charge in [-0.3, -0.25) is 0 Å². The Bertz CT molecular complexity index is 375. The number of hydrogen-bond donors (Lipinski definition) is 2. The lowest BCUT2D eigenvalue weighted by atomic mass is 9.96. The van der Waals surface area contributed by atoms with Crippen LogP contribution in [0.25, 0.3) is 0 Å². The van der Waals surface area contributed by atoms with Crippen LogP contribution in [0.1, 0.15) is 50.7 Å². The van der Waals surface area contributed by atoms with Crippen molar-refractivity contribution in [1.29, 1.82) is 0 Å². The summed E-state index contributed by atoms with van der Waals surface area (Å²) in [6, 6.07) is 1.66. The Labute approximate surface area is 117 Å². The predicted molar refractivity (Wildman–Crippen MR) is 79.7 cm³/mol. The van der Waals surface area contributed by atoms with Gasteiger partial charge in [0, 0.05) is 9.13 Å². The van der Waals surface area contributed by atoms with Crippen molar-refractivity contribution >= 4 is 22.6 Å². The first-order chi connectivity index (χ1) is 8.11. The number of rotatable bonds is 6. The molecule has 0 atom stereocenters. The molecule has 2 nitrogen and oxygen atoms in total.